The Labute approximate surface area is 195 Å². The fourth-order valence-electron chi connectivity index (χ4n) is 3.69. The van der Waals surface area contributed by atoms with Crippen molar-refractivity contribution in [2.75, 3.05) is 17.2 Å². The maximum absolute atomic E-state index is 13.8. The number of carbonyl (C=O) groups is 2. The van der Waals surface area contributed by atoms with E-state index >= 15 is 0 Å². The van der Waals surface area contributed by atoms with Gasteiger partial charge in [-0.15, -0.1) is 22.7 Å². The number of carbonyl (C=O) groups excluding carboxylic acids is 2. The minimum atomic E-state index is -4.54. The number of ether oxygens (including phenoxy) is 1. The predicted molar refractivity (Wildman–Crippen MR) is 120 cm³/mol. The summed E-state index contributed by atoms with van der Waals surface area (Å²) in [5.74, 6) is -1.17. The molecule has 0 radical (unpaired) electrons. The second kappa shape index (κ2) is 8.82. The minimum absolute atomic E-state index is 0.108. The fourth-order valence-corrected chi connectivity index (χ4v) is 5.53. The summed E-state index contributed by atoms with van der Waals surface area (Å²) in [7, 11) is 0. The molecule has 1 aliphatic rings. The third kappa shape index (κ3) is 4.49. The van der Waals surface area contributed by atoms with Crippen LogP contribution in [-0.2, 0) is 4.74 Å². The van der Waals surface area contributed by atoms with E-state index in [1.54, 1.807) is 38.3 Å². The fraction of sp³-hybridized carbons (Fsp3) is 0.381. The van der Waals surface area contributed by atoms with Gasteiger partial charge in [0.05, 0.1) is 18.2 Å². The van der Waals surface area contributed by atoms with E-state index in [1.165, 1.54) is 28.7 Å². The maximum atomic E-state index is 13.8. The lowest BCUT2D eigenvalue weighted by molar-refractivity contribution is -0.173. The number of hydrogen-bond acceptors (Lipinski definition) is 7. The smallest absolute Gasteiger partial charge is 0.410 e. The number of esters is 1. The molecule has 1 amide bonds. The van der Waals surface area contributed by atoms with Crippen molar-refractivity contribution in [3.8, 4) is 0 Å². The number of nitrogens with one attached hydrogen (secondary N) is 2. The minimum Gasteiger partial charge on any atom is -0.462 e. The van der Waals surface area contributed by atoms with E-state index in [2.05, 4.69) is 15.7 Å². The van der Waals surface area contributed by atoms with Crippen LogP contribution in [0.4, 0.5) is 24.0 Å². The standard InChI is InChI=1S/C21H21F3N4O3S2/c1-4-31-20(30)17-10(2)11(3)33-19(17)26-18(29)13-9-16-25-12(14-6-5-7-32-14)8-15(21(22,23)24)28(16)27-13/h5-7,9,12,15,25H,4,8H2,1-3H3,(H,26,29)/t12-,15+/m0/s1. The lowest BCUT2D eigenvalue weighted by Crippen LogP contribution is -2.35. The van der Waals surface area contributed by atoms with Gasteiger partial charge in [0.15, 0.2) is 11.7 Å². The largest absolute Gasteiger partial charge is 0.462 e. The van der Waals surface area contributed by atoms with Crippen molar-refractivity contribution >= 4 is 45.4 Å². The van der Waals surface area contributed by atoms with Crippen molar-refractivity contribution in [1.82, 2.24) is 9.78 Å². The number of halogens is 3. The average Bonchev–Trinajstić information content (AvgIpc) is 3.46. The van der Waals surface area contributed by atoms with Crippen LogP contribution in [-0.4, -0.2) is 34.4 Å². The Morgan fingerprint density at radius 2 is 2.12 bits per heavy atom. The normalized spacial score (nSPS) is 17.9. The number of anilines is 2. The van der Waals surface area contributed by atoms with Gasteiger partial charge in [-0.2, -0.15) is 18.3 Å². The van der Waals surface area contributed by atoms with E-state index in [4.69, 9.17) is 4.74 Å². The van der Waals surface area contributed by atoms with Gasteiger partial charge >= 0.3 is 12.1 Å². The highest BCUT2D eigenvalue weighted by Crippen LogP contribution is 2.44. The Morgan fingerprint density at radius 1 is 1.36 bits per heavy atom. The Kier molecular flexibility index (Phi) is 6.23. The zero-order valence-electron chi connectivity index (χ0n) is 17.9. The maximum Gasteiger partial charge on any atom is 0.410 e. The molecule has 2 atom stereocenters. The number of nitrogens with zero attached hydrogens (tertiary/aromatic N) is 2. The average molecular weight is 499 g/mol. The quantitative estimate of drug-likeness (QED) is 0.440. The highest BCUT2D eigenvalue weighted by atomic mass is 32.1. The van der Waals surface area contributed by atoms with E-state index < -0.39 is 30.1 Å². The van der Waals surface area contributed by atoms with Crippen LogP contribution in [0.1, 0.15) is 61.6 Å². The van der Waals surface area contributed by atoms with Crippen LogP contribution >= 0.6 is 22.7 Å². The third-order valence-corrected chi connectivity index (χ3v) is 7.51. The first kappa shape index (κ1) is 23.3. The second-order valence-corrected chi connectivity index (χ2v) is 9.73. The number of alkyl halides is 3. The summed E-state index contributed by atoms with van der Waals surface area (Å²) in [5.41, 5.74) is 0.730. The number of rotatable bonds is 5. The van der Waals surface area contributed by atoms with E-state index in [-0.39, 0.29) is 35.1 Å². The van der Waals surface area contributed by atoms with Crippen molar-refractivity contribution in [2.45, 2.75) is 45.5 Å². The van der Waals surface area contributed by atoms with Crippen LogP contribution in [0.15, 0.2) is 23.6 Å². The molecule has 0 saturated carbocycles. The predicted octanol–water partition coefficient (Wildman–Crippen LogP) is 5.71. The van der Waals surface area contributed by atoms with Crippen LogP contribution in [0.5, 0.6) is 0 Å². The van der Waals surface area contributed by atoms with Gasteiger partial charge in [0, 0.05) is 22.2 Å². The van der Waals surface area contributed by atoms with E-state index in [9.17, 15) is 22.8 Å². The van der Waals surface area contributed by atoms with Gasteiger partial charge < -0.3 is 15.4 Å². The van der Waals surface area contributed by atoms with Crippen molar-refractivity contribution in [1.29, 1.82) is 0 Å². The Balaban J connectivity index is 1.64. The monoisotopic (exact) mass is 498 g/mol. The van der Waals surface area contributed by atoms with Gasteiger partial charge in [-0.3, -0.25) is 4.79 Å². The third-order valence-electron chi connectivity index (χ3n) is 5.40. The summed E-state index contributed by atoms with van der Waals surface area (Å²) in [6.45, 7) is 5.39. The summed E-state index contributed by atoms with van der Waals surface area (Å²) in [6.07, 6.45) is -4.78. The summed E-state index contributed by atoms with van der Waals surface area (Å²) in [4.78, 5) is 26.9. The summed E-state index contributed by atoms with van der Waals surface area (Å²) in [6, 6.07) is 2.43. The molecule has 3 aromatic rings. The SMILES string of the molecule is CCOC(=O)c1c(NC(=O)c2cc3n(n2)[C@@H](C(F)(F)F)C[C@@H](c2cccs2)N3)sc(C)c1C. The number of fused-ring (bicyclic) bond motifs is 1. The van der Waals surface area contributed by atoms with Crippen molar-refractivity contribution < 1.29 is 27.5 Å². The molecule has 176 valence electrons. The zero-order chi connectivity index (χ0) is 23.9. The summed E-state index contributed by atoms with van der Waals surface area (Å²) < 4.78 is 47.3. The molecule has 0 fully saturated rings. The van der Waals surface area contributed by atoms with Crippen LogP contribution in [0.2, 0.25) is 0 Å². The Hall–Kier alpha value is -2.86. The lowest BCUT2D eigenvalue weighted by atomic mass is 10.0. The molecule has 4 heterocycles. The number of hydrogen-bond donors (Lipinski definition) is 2. The van der Waals surface area contributed by atoms with E-state index in [0.717, 1.165) is 14.4 Å². The number of amides is 1. The number of thiophene rings is 2. The first-order valence-corrected chi connectivity index (χ1v) is 11.8. The highest BCUT2D eigenvalue weighted by molar-refractivity contribution is 7.16. The molecule has 0 aliphatic carbocycles. The topological polar surface area (TPSA) is 85.2 Å². The summed E-state index contributed by atoms with van der Waals surface area (Å²) in [5, 5.41) is 11.7. The first-order valence-electron chi connectivity index (χ1n) is 10.1. The summed E-state index contributed by atoms with van der Waals surface area (Å²) >= 11 is 2.56. The van der Waals surface area contributed by atoms with E-state index in [1.807, 2.05) is 0 Å². The molecular formula is C21H21F3N4O3S2. The van der Waals surface area contributed by atoms with Crippen LogP contribution < -0.4 is 10.6 Å². The highest BCUT2D eigenvalue weighted by Gasteiger charge is 2.47. The van der Waals surface area contributed by atoms with Crippen molar-refractivity contribution in [3.63, 3.8) is 0 Å². The Bertz CT molecular complexity index is 1180. The van der Waals surface area contributed by atoms with Crippen molar-refractivity contribution in [3.05, 3.63) is 50.2 Å². The molecule has 33 heavy (non-hydrogen) atoms. The Morgan fingerprint density at radius 3 is 2.76 bits per heavy atom. The first-order chi connectivity index (χ1) is 15.6. The van der Waals surface area contributed by atoms with Gasteiger partial charge in [0.2, 0.25) is 0 Å². The molecule has 0 bridgehead atoms. The molecule has 0 aromatic carbocycles. The molecule has 7 nitrogen and oxygen atoms in total. The molecule has 0 unspecified atom stereocenters. The van der Waals surface area contributed by atoms with Crippen LogP contribution in [0, 0.1) is 13.8 Å². The molecule has 3 aromatic heterocycles. The molecular weight excluding hydrogens is 477 g/mol. The number of aryl methyl sites for hydroxylation is 1. The second-order valence-electron chi connectivity index (χ2n) is 7.53. The van der Waals surface area contributed by atoms with Gasteiger partial charge in [0.25, 0.3) is 5.91 Å². The van der Waals surface area contributed by atoms with Gasteiger partial charge in [0.1, 0.15) is 10.8 Å². The molecule has 0 saturated heterocycles. The van der Waals surface area contributed by atoms with Gasteiger partial charge in [-0.1, -0.05) is 6.07 Å². The van der Waals surface area contributed by atoms with Crippen LogP contribution in [0.3, 0.4) is 0 Å². The molecule has 2 N–H and O–H groups in total. The van der Waals surface area contributed by atoms with E-state index in [0.29, 0.717) is 5.56 Å². The lowest BCUT2D eigenvalue weighted by Gasteiger charge is -2.32. The molecule has 0 spiro atoms. The molecule has 12 heteroatoms. The van der Waals surface area contributed by atoms with Gasteiger partial charge in [-0.05, 0) is 37.8 Å². The molecule has 4 rings (SSSR count). The van der Waals surface area contributed by atoms with Crippen LogP contribution in [0.25, 0.3) is 0 Å². The zero-order valence-corrected chi connectivity index (χ0v) is 19.6. The number of aromatic nitrogens is 2. The van der Waals surface area contributed by atoms with Gasteiger partial charge in [-0.25, -0.2) is 9.48 Å². The molecule has 1 aliphatic heterocycles. The van der Waals surface area contributed by atoms with Crippen molar-refractivity contribution in [2.24, 2.45) is 0 Å².